The molecule has 8 heteroatoms. The summed E-state index contributed by atoms with van der Waals surface area (Å²) >= 11 is 0. The first-order chi connectivity index (χ1) is 10.8. The Morgan fingerprint density at radius 1 is 1.48 bits per heavy atom. The van der Waals surface area contributed by atoms with Crippen LogP contribution >= 0.6 is 0 Å². The molecule has 0 aromatic carbocycles. The summed E-state index contributed by atoms with van der Waals surface area (Å²) in [6, 6.07) is 4.00. The van der Waals surface area contributed by atoms with E-state index in [0.717, 1.165) is 5.69 Å². The first-order valence-corrected chi connectivity index (χ1v) is 7.62. The molecule has 0 saturated carbocycles. The largest absolute Gasteiger partial charge is 0.401 e. The second-order valence-electron chi connectivity index (χ2n) is 5.99. The normalized spacial score (nSPS) is 20.1. The van der Waals surface area contributed by atoms with Gasteiger partial charge in [-0.3, -0.25) is 9.89 Å². The Labute approximate surface area is 134 Å². The minimum atomic E-state index is -4.14. The molecule has 1 atom stereocenters. The second kappa shape index (κ2) is 7.25. The number of hydrogen-bond acceptors (Lipinski definition) is 2. The van der Waals surface area contributed by atoms with E-state index in [-0.39, 0.29) is 6.04 Å². The standard InChI is InChI=1S/C15H24F3N5/c1-19-14(22(3)10-13-5-4-7-21(13)2)20-12-6-8-23(9-12)11-15(16,17)18/h4-5,7,12H,6,8-11H2,1-3H3,(H,19,20). The number of halogens is 3. The molecule has 130 valence electrons. The Balaban J connectivity index is 1.87. The number of likely N-dealkylation sites (tertiary alicyclic amines) is 1. The number of alkyl halides is 3. The van der Waals surface area contributed by atoms with Gasteiger partial charge < -0.3 is 14.8 Å². The van der Waals surface area contributed by atoms with E-state index in [4.69, 9.17) is 0 Å². The Kier molecular flexibility index (Phi) is 5.56. The van der Waals surface area contributed by atoms with Crippen LogP contribution in [0.1, 0.15) is 12.1 Å². The van der Waals surface area contributed by atoms with E-state index in [9.17, 15) is 13.2 Å². The molecule has 1 fully saturated rings. The molecule has 1 N–H and O–H groups in total. The van der Waals surface area contributed by atoms with Crippen molar-refractivity contribution in [2.24, 2.45) is 12.0 Å². The molecule has 1 aliphatic heterocycles. The number of aliphatic imine (C=N–C) groups is 1. The van der Waals surface area contributed by atoms with Crippen molar-refractivity contribution in [2.45, 2.75) is 25.2 Å². The van der Waals surface area contributed by atoms with Gasteiger partial charge in [-0.25, -0.2) is 0 Å². The molecular formula is C15H24F3N5. The third kappa shape index (κ3) is 5.16. The van der Waals surface area contributed by atoms with E-state index in [2.05, 4.69) is 10.3 Å². The van der Waals surface area contributed by atoms with E-state index >= 15 is 0 Å². The highest BCUT2D eigenvalue weighted by molar-refractivity contribution is 5.79. The predicted molar refractivity (Wildman–Crippen MR) is 84.3 cm³/mol. The quantitative estimate of drug-likeness (QED) is 0.673. The Hall–Kier alpha value is -1.70. The third-order valence-corrected chi connectivity index (χ3v) is 4.03. The highest BCUT2D eigenvalue weighted by atomic mass is 19.4. The van der Waals surface area contributed by atoms with Crippen LogP contribution in [0.4, 0.5) is 13.2 Å². The van der Waals surface area contributed by atoms with Crippen molar-refractivity contribution in [1.29, 1.82) is 0 Å². The average molecular weight is 331 g/mol. The van der Waals surface area contributed by atoms with Gasteiger partial charge in [-0.2, -0.15) is 13.2 Å². The number of aryl methyl sites for hydroxylation is 1. The molecule has 0 bridgehead atoms. The summed E-state index contributed by atoms with van der Waals surface area (Å²) in [5.74, 6) is 0.699. The zero-order chi connectivity index (χ0) is 17.0. The average Bonchev–Trinajstić information content (AvgIpc) is 3.04. The third-order valence-electron chi connectivity index (χ3n) is 4.03. The minimum absolute atomic E-state index is 0.00749. The van der Waals surface area contributed by atoms with Crippen LogP contribution in [0.15, 0.2) is 23.3 Å². The lowest BCUT2D eigenvalue weighted by molar-refractivity contribution is -0.143. The van der Waals surface area contributed by atoms with Gasteiger partial charge in [0.2, 0.25) is 0 Å². The van der Waals surface area contributed by atoms with Gasteiger partial charge in [0.05, 0.1) is 13.1 Å². The van der Waals surface area contributed by atoms with Crippen molar-refractivity contribution in [3.63, 3.8) is 0 Å². The first-order valence-electron chi connectivity index (χ1n) is 7.62. The fraction of sp³-hybridized carbons (Fsp3) is 0.667. The van der Waals surface area contributed by atoms with Gasteiger partial charge in [-0.15, -0.1) is 0 Å². The molecule has 1 aliphatic rings. The van der Waals surface area contributed by atoms with Gasteiger partial charge in [0.25, 0.3) is 0 Å². The zero-order valence-electron chi connectivity index (χ0n) is 13.8. The minimum Gasteiger partial charge on any atom is -0.353 e. The lowest BCUT2D eigenvalue weighted by atomic mass is 10.3. The molecular weight excluding hydrogens is 307 g/mol. The maximum atomic E-state index is 12.4. The van der Waals surface area contributed by atoms with Gasteiger partial charge in [0.15, 0.2) is 5.96 Å². The number of nitrogens with one attached hydrogen (secondary N) is 1. The number of rotatable bonds is 4. The van der Waals surface area contributed by atoms with Crippen molar-refractivity contribution in [3.05, 3.63) is 24.0 Å². The molecule has 1 aromatic heterocycles. The van der Waals surface area contributed by atoms with Crippen LogP contribution in [0, 0.1) is 0 Å². The highest BCUT2D eigenvalue weighted by Crippen LogP contribution is 2.20. The Morgan fingerprint density at radius 2 is 2.22 bits per heavy atom. The number of guanidine groups is 1. The van der Waals surface area contributed by atoms with Gasteiger partial charge in [-0.1, -0.05) is 0 Å². The highest BCUT2D eigenvalue weighted by Gasteiger charge is 2.34. The summed E-state index contributed by atoms with van der Waals surface area (Å²) in [5, 5.41) is 3.27. The van der Waals surface area contributed by atoms with Crippen molar-refractivity contribution in [3.8, 4) is 0 Å². The van der Waals surface area contributed by atoms with Gasteiger partial charge in [0, 0.05) is 52.2 Å². The summed E-state index contributed by atoms with van der Waals surface area (Å²) in [6.45, 7) is 0.678. The summed E-state index contributed by atoms with van der Waals surface area (Å²) in [4.78, 5) is 7.65. The summed E-state index contributed by atoms with van der Waals surface area (Å²) in [5.41, 5.74) is 1.14. The van der Waals surface area contributed by atoms with Crippen molar-refractivity contribution in [2.75, 3.05) is 33.7 Å². The molecule has 1 unspecified atom stereocenters. The number of nitrogens with zero attached hydrogens (tertiary/aromatic N) is 4. The number of aromatic nitrogens is 1. The van der Waals surface area contributed by atoms with Crippen LogP contribution in [0.2, 0.25) is 0 Å². The number of hydrogen-bond donors (Lipinski definition) is 1. The zero-order valence-corrected chi connectivity index (χ0v) is 13.8. The van der Waals surface area contributed by atoms with E-state index in [0.29, 0.717) is 32.0 Å². The van der Waals surface area contributed by atoms with Crippen molar-refractivity contribution < 1.29 is 13.2 Å². The lowest BCUT2D eigenvalue weighted by Gasteiger charge is -2.25. The van der Waals surface area contributed by atoms with Gasteiger partial charge in [-0.05, 0) is 18.6 Å². The molecule has 23 heavy (non-hydrogen) atoms. The van der Waals surface area contributed by atoms with Gasteiger partial charge >= 0.3 is 6.18 Å². The molecule has 1 saturated heterocycles. The molecule has 0 aliphatic carbocycles. The van der Waals surface area contributed by atoms with E-state index in [1.807, 2.05) is 41.9 Å². The van der Waals surface area contributed by atoms with Crippen LogP contribution < -0.4 is 5.32 Å². The van der Waals surface area contributed by atoms with E-state index in [1.165, 1.54) is 4.90 Å². The van der Waals surface area contributed by atoms with E-state index < -0.39 is 12.7 Å². The first kappa shape index (κ1) is 17.7. The van der Waals surface area contributed by atoms with Crippen LogP contribution in [0.5, 0.6) is 0 Å². The molecule has 0 radical (unpaired) electrons. The van der Waals surface area contributed by atoms with Crippen LogP contribution in [-0.2, 0) is 13.6 Å². The van der Waals surface area contributed by atoms with Crippen LogP contribution in [-0.4, -0.2) is 66.3 Å². The smallest absolute Gasteiger partial charge is 0.353 e. The maximum absolute atomic E-state index is 12.4. The maximum Gasteiger partial charge on any atom is 0.401 e. The molecule has 0 spiro atoms. The molecule has 1 aromatic rings. The topological polar surface area (TPSA) is 35.8 Å². The lowest BCUT2D eigenvalue weighted by Crippen LogP contribution is -2.45. The monoisotopic (exact) mass is 331 g/mol. The van der Waals surface area contributed by atoms with Crippen molar-refractivity contribution in [1.82, 2.24) is 19.7 Å². The fourth-order valence-electron chi connectivity index (χ4n) is 2.85. The SMILES string of the molecule is CN=C(NC1CCN(CC(F)(F)F)C1)N(C)Cc1cccn1C. The predicted octanol–water partition coefficient (Wildman–Crippen LogP) is 1.67. The molecule has 2 rings (SSSR count). The van der Waals surface area contributed by atoms with Gasteiger partial charge in [0.1, 0.15) is 0 Å². The van der Waals surface area contributed by atoms with Crippen LogP contribution in [0.25, 0.3) is 0 Å². The summed E-state index contributed by atoms with van der Waals surface area (Å²) in [6.07, 6.45) is -1.47. The summed E-state index contributed by atoms with van der Waals surface area (Å²) in [7, 11) is 5.59. The fourth-order valence-corrected chi connectivity index (χ4v) is 2.85. The van der Waals surface area contributed by atoms with Crippen LogP contribution in [0.3, 0.4) is 0 Å². The molecule has 0 amide bonds. The van der Waals surface area contributed by atoms with E-state index in [1.54, 1.807) is 7.05 Å². The Bertz CT molecular complexity index is 537. The van der Waals surface area contributed by atoms with Crippen molar-refractivity contribution >= 4 is 5.96 Å². The summed E-state index contributed by atoms with van der Waals surface area (Å²) < 4.78 is 39.4. The molecule has 2 heterocycles. The second-order valence-corrected chi connectivity index (χ2v) is 5.99. The Morgan fingerprint density at radius 3 is 2.78 bits per heavy atom. The molecule has 5 nitrogen and oxygen atoms in total.